The molecule has 0 saturated carbocycles. The summed E-state index contributed by atoms with van der Waals surface area (Å²) in [6.45, 7) is 9.24. The van der Waals surface area contributed by atoms with Crippen molar-refractivity contribution in [2.45, 2.75) is 53.1 Å². The Morgan fingerprint density at radius 3 is 2.56 bits per heavy atom. The van der Waals surface area contributed by atoms with E-state index in [4.69, 9.17) is 4.74 Å². The zero-order chi connectivity index (χ0) is 18.8. The average Bonchev–Trinajstić information content (AvgIpc) is 3.01. The summed E-state index contributed by atoms with van der Waals surface area (Å²) in [6.07, 6.45) is 2.20. The van der Waals surface area contributed by atoms with Crippen LogP contribution in [0.3, 0.4) is 0 Å². The Labute approximate surface area is 146 Å². The van der Waals surface area contributed by atoms with E-state index in [1.165, 1.54) is 6.20 Å². The lowest BCUT2D eigenvalue weighted by Gasteiger charge is -2.19. The minimum atomic E-state index is -0.620. The van der Waals surface area contributed by atoms with Crippen LogP contribution in [0.2, 0.25) is 0 Å². The van der Waals surface area contributed by atoms with Gasteiger partial charge in [-0.05, 0) is 46.6 Å². The molecule has 2 N–H and O–H groups in total. The summed E-state index contributed by atoms with van der Waals surface area (Å²) < 4.78 is 7.11. The molecule has 2 aromatic rings. The maximum absolute atomic E-state index is 12.2. The van der Waals surface area contributed by atoms with Crippen molar-refractivity contribution < 1.29 is 14.3 Å². The molecule has 0 fully saturated rings. The normalized spacial score (nSPS) is 11.4. The van der Waals surface area contributed by atoms with Crippen LogP contribution in [0.5, 0.6) is 0 Å². The maximum atomic E-state index is 12.2. The molecule has 0 radical (unpaired) electrons. The first-order valence-corrected chi connectivity index (χ1v) is 8.14. The number of esters is 1. The van der Waals surface area contributed by atoms with Gasteiger partial charge in [0, 0.05) is 19.2 Å². The molecule has 0 bridgehead atoms. The van der Waals surface area contributed by atoms with Gasteiger partial charge < -0.3 is 10.1 Å². The van der Waals surface area contributed by atoms with Crippen molar-refractivity contribution in [3.8, 4) is 0 Å². The summed E-state index contributed by atoms with van der Waals surface area (Å²) in [5, 5.41) is 13.5. The molecule has 25 heavy (non-hydrogen) atoms. The van der Waals surface area contributed by atoms with Gasteiger partial charge in [0.2, 0.25) is 5.91 Å². The van der Waals surface area contributed by atoms with Crippen LogP contribution in [-0.4, -0.2) is 37.5 Å². The minimum absolute atomic E-state index is 0.206. The molecule has 0 aliphatic carbocycles. The second-order valence-electron chi connectivity index (χ2n) is 6.98. The van der Waals surface area contributed by atoms with Crippen LogP contribution in [0.4, 0.5) is 5.82 Å². The SMILES string of the molecule is Cc1nn(C)c(C)c1CCC(=O)Nc1[nH]ncc1C(=O)OC(C)(C)C. The Kier molecular flexibility index (Phi) is 5.30. The lowest BCUT2D eigenvalue weighted by atomic mass is 10.1. The summed E-state index contributed by atoms with van der Waals surface area (Å²) in [5.41, 5.74) is 2.61. The Hall–Kier alpha value is -2.64. The monoisotopic (exact) mass is 347 g/mol. The Morgan fingerprint density at radius 2 is 2.00 bits per heavy atom. The van der Waals surface area contributed by atoms with Gasteiger partial charge >= 0.3 is 5.97 Å². The summed E-state index contributed by atoms with van der Waals surface area (Å²) in [7, 11) is 1.88. The van der Waals surface area contributed by atoms with Crippen molar-refractivity contribution in [1.29, 1.82) is 0 Å². The molecule has 0 saturated heterocycles. The van der Waals surface area contributed by atoms with E-state index in [1.54, 1.807) is 25.5 Å². The van der Waals surface area contributed by atoms with Gasteiger partial charge in [-0.3, -0.25) is 14.6 Å². The molecule has 2 aromatic heterocycles. The molecule has 1 amide bonds. The number of nitrogens with zero attached hydrogens (tertiary/aromatic N) is 3. The fraction of sp³-hybridized carbons (Fsp3) is 0.529. The second kappa shape index (κ2) is 7.08. The molecule has 0 unspecified atom stereocenters. The van der Waals surface area contributed by atoms with Crippen LogP contribution in [0.1, 0.15) is 54.5 Å². The fourth-order valence-corrected chi connectivity index (χ4v) is 2.49. The third-order valence-electron chi connectivity index (χ3n) is 3.78. The number of anilines is 1. The van der Waals surface area contributed by atoms with Crippen LogP contribution >= 0.6 is 0 Å². The minimum Gasteiger partial charge on any atom is -0.456 e. The van der Waals surface area contributed by atoms with E-state index in [-0.39, 0.29) is 23.7 Å². The predicted octanol–water partition coefficient (Wildman–Crippen LogP) is 2.29. The molecule has 0 spiro atoms. The number of amides is 1. The first kappa shape index (κ1) is 18.7. The first-order valence-electron chi connectivity index (χ1n) is 8.14. The molecule has 0 atom stereocenters. The number of nitrogens with one attached hydrogen (secondary N) is 2. The number of hydrogen-bond donors (Lipinski definition) is 2. The fourth-order valence-electron chi connectivity index (χ4n) is 2.49. The third kappa shape index (κ3) is 4.68. The number of ether oxygens (including phenoxy) is 1. The molecule has 136 valence electrons. The van der Waals surface area contributed by atoms with Crippen molar-refractivity contribution in [1.82, 2.24) is 20.0 Å². The van der Waals surface area contributed by atoms with E-state index in [0.717, 1.165) is 17.0 Å². The lowest BCUT2D eigenvalue weighted by Crippen LogP contribution is -2.24. The summed E-state index contributed by atoms with van der Waals surface area (Å²) in [4.78, 5) is 24.4. The number of aromatic amines is 1. The molecular formula is C17H25N5O3. The zero-order valence-corrected chi connectivity index (χ0v) is 15.6. The van der Waals surface area contributed by atoms with Gasteiger partial charge in [-0.15, -0.1) is 0 Å². The van der Waals surface area contributed by atoms with E-state index in [0.29, 0.717) is 6.42 Å². The summed E-state index contributed by atoms with van der Waals surface area (Å²) in [6, 6.07) is 0. The molecule has 0 aliphatic rings. The van der Waals surface area contributed by atoms with Gasteiger partial charge in [-0.25, -0.2) is 4.79 Å². The van der Waals surface area contributed by atoms with Gasteiger partial charge in [0.1, 0.15) is 17.0 Å². The number of aryl methyl sites for hydroxylation is 2. The average molecular weight is 347 g/mol. The number of rotatable bonds is 5. The highest BCUT2D eigenvalue weighted by Gasteiger charge is 2.22. The van der Waals surface area contributed by atoms with Crippen LogP contribution in [0.25, 0.3) is 0 Å². The van der Waals surface area contributed by atoms with E-state index in [1.807, 2.05) is 20.9 Å². The van der Waals surface area contributed by atoms with Gasteiger partial charge in [0.25, 0.3) is 0 Å². The molecule has 2 rings (SSSR count). The molecule has 0 aromatic carbocycles. The predicted molar refractivity (Wildman–Crippen MR) is 93.4 cm³/mol. The molecular weight excluding hydrogens is 322 g/mol. The zero-order valence-electron chi connectivity index (χ0n) is 15.6. The van der Waals surface area contributed by atoms with Crippen molar-refractivity contribution in [2.75, 3.05) is 5.32 Å². The van der Waals surface area contributed by atoms with Gasteiger partial charge in [-0.2, -0.15) is 10.2 Å². The van der Waals surface area contributed by atoms with Crippen LogP contribution < -0.4 is 5.32 Å². The molecule has 0 aliphatic heterocycles. The Morgan fingerprint density at radius 1 is 1.32 bits per heavy atom. The highest BCUT2D eigenvalue weighted by molar-refractivity contribution is 6.00. The molecule has 8 heteroatoms. The number of carbonyl (C=O) groups is 2. The standard InChI is InChI=1S/C17H25N5O3/c1-10-12(11(2)22(6)21-10)7-8-14(23)19-15-13(9-18-20-15)16(24)25-17(3,4)5/h9H,7-8H2,1-6H3,(H2,18,19,20,23). The number of H-pyrrole nitrogens is 1. The molecule has 2 heterocycles. The van der Waals surface area contributed by atoms with Crippen LogP contribution in [0.15, 0.2) is 6.20 Å². The van der Waals surface area contributed by atoms with E-state index >= 15 is 0 Å². The van der Waals surface area contributed by atoms with Crippen LogP contribution in [0, 0.1) is 13.8 Å². The molecule has 8 nitrogen and oxygen atoms in total. The van der Waals surface area contributed by atoms with Crippen molar-refractivity contribution in [3.63, 3.8) is 0 Å². The largest absolute Gasteiger partial charge is 0.456 e. The van der Waals surface area contributed by atoms with Gasteiger partial charge in [0.05, 0.1) is 11.9 Å². The van der Waals surface area contributed by atoms with Gasteiger partial charge in [-0.1, -0.05) is 0 Å². The quantitative estimate of drug-likeness (QED) is 0.808. The first-order chi connectivity index (χ1) is 11.6. The lowest BCUT2D eigenvalue weighted by molar-refractivity contribution is -0.116. The highest BCUT2D eigenvalue weighted by Crippen LogP contribution is 2.18. The summed E-state index contributed by atoms with van der Waals surface area (Å²) >= 11 is 0. The second-order valence-corrected chi connectivity index (χ2v) is 6.98. The topological polar surface area (TPSA) is 102 Å². The maximum Gasteiger partial charge on any atom is 0.344 e. The Balaban J connectivity index is 2.00. The number of hydrogen-bond acceptors (Lipinski definition) is 5. The smallest absolute Gasteiger partial charge is 0.344 e. The van der Waals surface area contributed by atoms with Crippen molar-refractivity contribution in [2.24, 2.45) is 7.05 Å². The van der Waals surface area contributed by atoms with Crippen molar-refractivity contribution in [3.05, 3.63) is 28.7 Å². The summed E-state index contributed by atoms with van der Waals surface area (Å²) in [5.74, 6) is -0.494. The highest BCUT2D eigenvalue weighted by atomic mass is 16.6. The van der Waals surface area contributed by atoms with E-state index in [9.17, 15) is 9.59 Å². The number of carbonyl (C=O) groups excluding carboxylic acids is 2. The van der Waals surface area contributed by atoms with E-state index in [2.05, 4.69) is 20.6 Å². The number of aromatic nitrogens is 4. The van der Waals surface area contributed by atoms with Gasteiger partial charge in [0.15, 0.2) is 0 Å². The van der Waals surface area contributed by atoms with Crippen molar-refractivity contribution >= 4 is 17.7 Å². The Bertz CT molecular complexity index is 783. The third-order valence-corrected chi connectivity index (χ3v) is 3.78. The van der Waals surface area contributed by atoms with Crippen LogP contribution in [-0.2, 0) is 23.0 Å². The van der Waals surface area contributed by atoms with E-state index < -0.39 is 11.6 Å².